The maximum absolute atomic E-state index is 5.16. The van der Waals surface area contributed by atoms with Crippen LogP contribution in [0.5, 0.6) is 0 Å². The number of nitrogen functional groups attached to an aromatic ring is 1. The number of rotatable bonds is 2. The molecule has 0 saturated heterocycles. The fraction of sp³-hybridized carbons (Fsp3) is 0. The van der Waals surface area contributed by atoms with E-state index in [4.69, 9.17) is 10.4 Å². The summed E-state index contributed by atoms with van der Waals surface area (Å²) in [5, 5.41) is 3.79. The molecule has 7 nitrogen and oxygen atoms in total. The summed E-state index contributed by atoms with van der Waals surface area (Å²) in [6, 6.07) is 5.71. The molecule has 0 fully saturated rings. The van der Waals surface area contributed by atoms with Crippen LogP contribution in [0.2, 0.25) is 0 Å². The van der Waals surface area contributed by atoms with Gasteiger partial charge < -0.3 is 4.52 Å². The molecule has 0 spiro atoms. The minimum Gasteiger partial charge on any atom is -0.314 e. The molecule has 0 bridgehead atoms. The molecule has 0 unspecified atom stereocenters. The van der Waals surface area contributed by atoms with E-state index < -0.39 is 0 Å². The Morgan fingerprint density at radius 1 is 1.12 bits per heavy atom. The van der Waals surface area contributed by atoms with Crippen molar-refractivity contribution >= 4 is 17.0 Å². The number of aromatic nitrogens is 4. The minimum atomic E-state index is 0.166. The number of nitrogens with zero attached hydrogens (tertiary/aromatic N) is 4. The van der Waals surface area contributed by atoms with E-state index in [-0.39, 0.29) is 6.01 Å². The highest BCUT2D eigenvalue weighted by molar-refractivity contribution is 5.79. The zero-order valence-corrected chi connectivity index (χ0v) is 8.66. The molecule has 2 heterocycles. The second-order valence-corrected chi connectivity index (χ2v) is 3.33. The number of fused-ring (bicyclic) bond motifs is 1. The Kier molecular flexibility index (Phi) is 2.16. The molecule has 0 radical (unpaired) electrons. The number of nitrogens with one attached hydrogen (secondary N) is 1. The number of benzene rings is 1. The van der Waals surface area contributed by atoms with Crippen LogP contribution in [0.1, 0.15) is 0 Å². The Morgan fingerprint density at radius 2 is 1.94 bits per heavy atom. The highest BCUT2D eigenvalue weighted by Gasteiger charge is 2.08. The predicted octanol–water partition coefficient (Wildman–Crippen LogP) is 0.965. The maximum Gasteiger partial charge on any atom is 0.335 e. The molecule has 17 heavy (non-hydrogen) atoms. The molecule has 3 N–H and O–H groups in total. The van der Waals surface area contributed by atoms with E-state index in [0.29, 0.717) is 5.82 Å². The van der Waals surface area contributed by atoms with Crippen molar-refractivity contribution in [3.8, 4) is 11.4 Å². The number of nitrogens with two attached hydrogens (primary N) is 1. The molecule has 0 saturated carbocycles. The van der Waals surface area contributed by atoms with Crippen molar-refractivity contribution in [1.29, 1.82) is 0 Å². The number of hydrogen-bond acceptors (Lipinski definition) is 7. The largest absolute Gasteiger partial charge is 0.335 e. The van der Waals surface area contributed by atoms with E-state index in [0.717, 1.165) is 16.6 Å². The van der Waals surface area contributed by atoms with Gasteiger partial charge in [0.1, 0.15) is 0 Å². The van der Waals surface area contributed by atoms with Crippen molar-refractivity contribution in [1.82, 2.24) is 20.1 Å². The molecule has 3 aromatic rings. The summed E-state index contributed by atoms with van der Waals surface area (Å²) in [4.78, 5) is 12.4. The van der Waals surface area contributed by atoms with Crippen LogP contribution in [0, 0.1) is 0 Å². The van der Waals surface area contributed by atoms with Crippen molar-refractivity contribution in [2.75, 3.05) is 5.43 Å². The molecule has 0 aliphatic carbocycles. The molecule has 1 aromatic carbocycles. The van der Waals surface area contributed by atoms with Crippen LogP contribution in [-0.4, -0.2) is 20.1 Å². The van der Waals surface area contributed by atoms with Gasteiger partial charge in [-0.15, -0.1) is 0 Å². The van der Waals surface area contributed by atoms with Crippen molar-refractivity contribution in [2.24, 2.45) is 5.84 Å². The van der Waals surface area contributed by atoms with Crippen LogP contribution in [0.4, 0.5) is 6.01 Å². The minimum absolute atomic E-state index is 0.166. The first-order valence-corrected chi connectivity index (χ1v) is 4.88. The highest BCUT2D eigenvalue weighted by atomic mass is 16.5. The third-order valence-electron chi connectivity index (χ3n) is 2.28. The van der Waals surface area contributed by atoms with E-state index in [2.05, 4.69) is 25.5 Å². The first kappa shape index (κ1) is 9.67. The summed E-state index contributed by atoms with van der Waals surface area (Å²) in [7, 11) is 0. The van der Waals surface area contributed by atoms with Crippen LogP contribution >= 0.6 is 0 Å². The van der Waals surface area contributed by atoms with Gasteiger partial charge in [0.05, 0.1) is 11.0 Å². The lowest BCUT2D eigenvalue weighted by molar-refractivity contribution is 0.432. The summed E-state index contributed by atoms with van der Waals surface area (Å²) in [5.74, 6) is 5.61. The second kappa shape index (κ2) is 3.80. The number of hydrazine groups is 1. The monoisotopic (exact) mass is 228 g/mol. The third-order valence-corrected chi connectivity index (χ3v) is 2.28. The molecule has 0 atom stereocenters. The standard InChI is InChI=1S/C10H8N6O/c11-15-10-14-9(16-17-10)6-1-2-7-8(5-6)13-4-3-12-7/h1-5H,11H2,(H,14,15,16). The van der Waals surface area contributed by atoms with Gasteiger partial charge in [-0.3, -0.25) is 15.4 Å². The first-order valence-electron chi connectivity index (χ1n) is 4.88. The van der Waals surface area contributed by atoms with Crippen molar-refractivity contribution < 1.29 is 4.52 Å². The molecule has 0 amide bonds. The molecular formula is C10H8N6O. The van der Waals surface area contributed by atoms with E-state index >= 15 is 0 Å². The third kappa shape index (κ3) is 1.68. The first-order chi connectivity index (χ1) is 8.36. The Hall–Kier alpha value is -2.54. The molecule has 0 aliphatic heterocycles. The topological polar surface area (TPSA) is 103 Å². The van der Waals surface area contributed by atoms with Gasteiger partial charge >= 0.3 is 6.01 Å². The summed E-state index contributed by atoms with van der Waals surface area (Å²) in [6.07, 6.45) is 3.28. The molecule has 2 aromatic heterocycles. The normalized spacial score (nSPS) is 10.6. The summed E-state index contributed by atoms with van der Waals surface area (Å²) >= 11 is 0. The maximum atomic E-state index is 5.16. The van der Waals surface area contributed by atoms with Crippen LogP contribution in [0.3, 0.4) is 0 Å². The van der Waals surface area contributed by atoms with Crippen LogP contribution in [-0.2, 0) is 0 Å². The number of anilines is 1. The zero-order chi connectivity index (χ0) is 11.7. The average molecular weight is 228 g/mol. The van der Waals surface area contributed by atoms with E-state index in [1.165, 1.54) is 0 Å². The summed E-state index contributed by atoms with van der Waals surface area (Å²) in [5.41, 5.74) is 4.67. The van der Waals surface area contributed by atoms with Gasteiger partial charge in [0.15, 0.2) is 0 Å². The second-order valence-electron chi connectivity index (χ2n) is 3.33. The van der Waals surface area contributed by atoms with Gasteiger partial charge in [-0.05, 0) is 18.2 Å². The molecule has 84 valence electrons. The van der Waals surface area contributed by atoms with E-state index in [9.17, 15) is 0 Å². The van der Waals surface area contributed by atoms with Crippen molar-refractivity contribution in [2.45, 2.75) is 0 Å². The smallest absolute Gasteiger partial charge is 0.314 e. The Morgan fingerprint density at radius 3 is 2.71 bits per heavy atom. The highest BCUT2D eigenvalue weighted by Crippen LogP contribution is 2.20. The fourth-order valence-electron chi connectivity index (χ4n) is 1.50. The van der Waals surface area contributed by atoms with Crippen molar-refractivity contribution in [3.63, 3.8) is 0 Å². The van der Waals surface area contributed by atoms with Gasteiger partial charge in [0, 0.05) is 18.0 Å². The molecular weight excluding hydrogens is 220 g/mol. The Bertz CT molecular complexity index is 664. The fourth-order valence-corrected chi connectivity index (χ4v) is 1.50. The summed E-state index contributed by atoms with van der Waals surface area (Å²) < 4.78 is 4.85. The lowest BCUT2D eigenvalue weighted by Crippen LogP contribution is -2.06. The quantitative estimate of drug-likeness (QED) is 0.497. The van der Waals surface area contributed by atoms with Crippen LogP contribution < -0.4 is 11.3 Å². The van der Waals surface area contributed by atoms with Crippen LogP contribution in [0.25, 0.3) is 22.4 Å². The molecule has 0 aliphatic rings. The van der Waals surface area contributed by atoms with Gasteiger partial charge in [0.2, 0.25) is 5.82 Å². The average Bonchev–Trinajstić information content (AvgIpc) is 2.87. The SMILES string of the molecule is NNc1nc(-c2ccc3nccnc3c2)no1. The predicted molar refractivity (Wildman–Crippen MR) is 60.6 cm³/mol. The van der Waals surface area contributed by atoms with Gasteiger partial charge in [0.25, 0.3) is 0 Å². The summed E-state index contributed by atoms with van der Waals surface area (Å²) in [6.45, 7) is 0. The molecule has 3 rings (SSSR count). The van der Waals surface area contributed by atoms with E-state index in [1.807, 2.05) is 18.2 Å². The number of hydrogen-bond donors (Lipinski definition) is 2. The molecule has 7 heteroatoms. The lowest BCUT2D eigenvalue weighted by Gasteiger charge is -1.97. The Labute approximate surface area is 95.7 Å². The van der Waals surface area contributed by atoms with Gasteiger partial charge in [-0.25, -0.2) is 5.84 Å². The van der Waals surface area contributed by atoms with Gasteiger partial charge in [-0.2, -0.15) is 4.98 Å². The lowest BCUT2D eigenvalue weighted by atomic mass is 10.2. The Balaban J connectivity index is 2.11. The van der Waals surface area contributed by atoms with E-state index in [1.54, 1.807) is 12.4 Å². The van der Waals surface area contributed by atoms with Gasteiger partial charge in [-0.1, -0.05) is 5.16 Å². The van der Waals surface area contributed by atoms with Crippen molar-refractivity contribution in [3.05, 3.63) is 30.6 Å². The van der Waals surface area contributed by atoms with Crippen LogP contribution in [0.15, 0.2) is 35.1 Å². The zero-order valence-electron chi connectivity index (χ0n) is 8.66.